The summed E-state index contributed by atoms with van der Waals surface area (Å²) >= 11 is 0. The third-order valence-corrected chi connectivity index (χ3v) is 2.60. The summed E-state index contributed by atoms with van der Waals surface area (Å²) in [6.07, 6.45) is -6.12. The molecule has 6 atom stereocenters. The van der Waals surface area contributed by atoms with Gasteiger partial charge in [-0.25, -0.2) is 0 Å². The molecule has 0 bridgehead atoms. The van der Waals surface area contributed by atoms with Gasteiger partial charge < -0.3 is 35.0 Å². The summed E-state index contributed by atoms with van der Waals surface area (Å²) in [4.78, 5) is 0. The van der Waals surface area contributed by atoms with Gasteiger partial charge in [0.1, 0.15) is 30.5 Å². The molecule has 1 aliphatic heterocycles. The van der Waals surface area contributed by atoms with Gasteiger partial charge in [0.2, 0.25) is 0 Å². The molecule has 0 saturated carbocycles. The lowest BCUT2D eigenvalue weighted by Crippen LogP contribution is -2.59. The molecule has 1 rings (SSSR count). The fourth-order valence-corrected chi connectivity index (χ4v) is 1.53. The van der Waals surface area contributed by atoms with Crippen molar-refractivity contribution < 1.29 is 35.0 Å². The minimum absolute atomic E-state index is 0.363. The third kappa shape index (κ3) is 3.23. The van der Waals surface area contributed by atoms with Gasteiger partial charge in [-0.15, -0.1) is 6.58 Å². The number of hydrogen-bond acceptors (Lipinski definition) is 7. The highest BCUT2D eigenvalue weighted by Gasteiger charge is 2.44. The zero-order valence-electron chi connectivity index (χ0n) is 9.22. The van der Waals surface area contributed by atoms with E-state index in [9.17, 15) is 15.3 Å². The molecule has 0 aromatic heterocycles. The van der Waals surface area contributed by atoms with Gasteiger partial charge in [-0.1, -0.05) is 6.08 Å². The molecule has 1 aliphatic rings. The minimum atomic E-state index is -1.49. The van der Waals surface area contributed by atoms with E-state index in [2.05, 4.69) is 6.58 Å². The topological polar surface area (TPSA) is 120 Å². The summed E-state index contributed by atoms with van der Waals surface area (Å²) < 4.78 is 10.2. The summed E-state index contributed by atoms with van der Waals surface area (Å²) in [5, 5.41) is 46.4. The Hall–Kier alpha value is -0.540. The largest absolute Gasteiger partial charge is 0.394 e. The lowest BCUT2D eigenvalue weighted by molar-refractivity contribution is -0.309. The average Bonchev–Trinajstić information content (AvgIpc) is 2.35. The number of aliphatic hydroxyl groups excluding tert-OH is 5. The van der Waals surface area contributed by atoms with Crippen LogP contribution in [-0.4, -0.2) is 75.6 Å². The Kier molecular flexibility index (Phi) is 5.47. The molecular formula is C10H18O7. The first-order valence-electron chi connectivity index (χ1n) is 5.24. The minimum Gasteiger partial charge on any atom is -0.394 e. The van der Waals surface area contributed by atoms with Crippen molar-refractivity contribution in [3.63, 3.8) is 0 Å². The predicted molar refractivity (Wildman–Crippen MR) is 55.9 cm³/mol. The van der Waals surface area contributed by atoms with Crippen LogP contribution in [0.1, 0.15) is 0 Å². The van der Waals surface area contributed by atoms with E-state index in [0.717, 1.165) is 0 Å². The highest BCUT2D eigenvalue weighted by Crippen LogP contribution is 2.22. The summed E-state index contributed by atoms with van der Waals surface area (Å²) in [6.45, 7) is 2.52. The van der Waals surface area contributed by atoms with Crippen LogP contribution >= 0.6 is 0 Å². The van der Waals surface area contributed by atoms with Gasteiger partial charge in [-0.3, -0.25) is 0 Å². The van der Waals surface area contributed by atoms with Crippen LogP contribution in [0.2, 0.25) is 0 Å². The maximum absolute atomic E-state index is 9.60. The van der Waals surface area contributed by atoms with Crippen molar-refractivity contribution in [1.82, 2.24) is 0 Å². The molecule has 17 heavy (non-hydrogen) atoms. The number of aliphatic hydroxyl groups is 5. The maximum atomic E-state index is 9.60. The lowest BCUT2D eigenvalue weighted by Gasteiger charge is -2.40. The van der Waals surface area contributed by atoms with E-state index < -0.39 is 43.4 Å². The second kappa shape index (κ2) is 6.41. The normalized spacial score (nSPS) is 39.9. The molecule has 0 spiro atoms. The zero-order valence-corrected chi connectivity index (χ0v) is 9.22. The van der Waals surface area contributed by atoms with E-state index in [1.807, 2.05) is 0 Å². The Morgan fingerprint density at radius 2 is 1.82 bits per heavy atom. The number of hydrogen-bond donors (Lipinski definition) is 5. The standard InChI is InChI=1S/C10H18O7/c1-2-5(3-11)16-10-9(15)8(14)7(13)6(4-12)17-10/h2,5-15H,1,3-4H2/t5-,6?,7+,8?,9?,10+/m0/s1. The van der Waals surface area contributed by atoms with Gasteiger partial charge in [0.05, 0.1) is 13.2 Å². The van der Waals surface area contributed by atoms with E-state index in [-0.39, 0.29) is 6.61 Å². The number of rotatable bonds is 5. The molecule has 7 heteroatoms. The van der Waals surface area contributed by atoms with Crippen molar-refractivity contribution in [1.29, 1.82) is 0 Å². The van der Waals surface area contributed by atoms with Crippen molar-refractivity contribution >= 4 is 0 Å². The van der Waals surface area contributed by atoms with Crippen LogP contribution in [0.5, 0.6) is 0 Å². The van der Waals surface area contributed by atoms with E-state index in [1.54, 1.807) is 0 Å². The number of ether oxygens (including phenoxy) is 2. The molecule has 0 aliphatic carbocycles. The molecular weight excluding hydrogens is 232 g/mol. The Balaban J connectivity index is 2.68. The van der Waals surface area contributed by atoms with Crippen molar-refractivity contribution in [3.8, 4) is 0 Å². The Bertz CT molecular complexity index is 245. The van der Waals surface area contributed by atoms with Crippen molar-refractivity contribution in [3.05, 3.63) is 12.7 Å². The first-order valence-corrected chi connectivity index (χ1v) is 5.24. The van der Waals surface area contributed by atoms with Crippen LogP contribution in [0.15, 0.2) is 12.7 Å². The van der Waals surface area contributed by atoms with E-state index >= 15 is 0 Å². The van der Waals surface area contributed by atoms with Crippen molar-refractivity contribution in [2.75, 3.05) is 13.2 Å². The molecule has 0 aromatic carbocycles. The van der Waals surface area contributed by atoms with E-state index in [1.165, 1.54) is 6.08 Å². The third-order valence-electron chi connectivity index (χ3n) is 2.60. The zero-order chi connectivity index (χ0) is 13.0. The van der Waals surface area contributed by atoms with E-state index in [0.29, 0.717) is 0 Å². The van der Waals surface area contributed by atoms with Gasteiger partial charge in [-0.05, 0) is 0 Å². The van der Waals surface area contributed by atoms with Gasteiger partial charge in [-0.2, -0.15) is 0 Å². The van der Waals surface area contributed by atoms with E-state index in [4.69, 9.17) is 19.7 Å². The lowest BCUT2D eigenvalue weighted by atomic mass is 9.99. The van der Waals surface area contributed by atoms with Gasteiger partial charge >= 0.3 is 0 Å². The quantitative estimate of drug-likeness (QED) is 0.338. The van der Waals surface area contributed by atoms with Gasteiger partial charge in [0.15, 0.2) is 6.29 Å². The highest BCUT2D eigenvalue weighted by molar-refractivity contribution is 4.90. The fourth-order valence-electron chi connectivity index (χ4n) is 1.53. The maximum Gasteiger partial charge on any atom is 0.187 e. The fraction of sp³-hybridized carbons (Fsp3) is 0.800. The molecule has 1 heterocycles. The molecule has 1 saturated heterocycles. The Labute approximate surface area is 98.5 Å². The first kappa shape index (κ1) is 14.5. The average molecular weight is 250 g/mol. The van der Waals surface area contributed by atoms with Crippen molar-refractivity contribution in [2.45, 2.75) is 36.8 Å². The SMILES string of the molecule is C=C[C@@H](CO)O[C@@H]1OC(CO)[C@@H](O)C(O)C1O. The first-order chi connectivity index (χ1) is 8.04. The second-order valence-corrected chi connectivity index (χ2v) is 3.79. The summed E-state index contributed by atoms with van der Waals surface area (Å²) in [5.41, 5.74) is 0. The molecule has 100 valence electrons. The smallest absolute Gasteiger partial charge is 0.187 e. The van der Waals surface area contributed by atoms with Crippen LogP contribution in [0.4, 0.5) is 0 Å². The predicted octanol–water partition coefficient (Wildman–Crippen LogP) is -2.65. The van der Waals surface area contributed by atoms with Crippen LogP contribution in [0.25, 0.3) is 0 Å². The molecule has 3 unspecified atom stereocenters. The van der Waals surface area contributed by atoms with Crippen molar-refractivity contribution in [2.24, 2.45) is 0 Å². The highest BCUT2D eigenvalue weighted by atomic mass is 16.7. The van der Waals surface area contributed by atoms with Crippen LogP contribution in [0, 0.1) is 0 Å². The summed E-state index contributed by atoms with van der Waals surface area (Å²) in [6, 6.07) is 0. The molecule has 5 N–H and O–H groups in total. The molecule has 0 aromatic rings. The molecule has 0 amide bonds. The monoisotopic (exact) mass is 250 g/mol. The van der Waals surface area contributed by atoms with Crippen LogP contribution in [0.3, 0.4) is 0 Å². The van der Waals surface area contributed by atoms with Gasteiger partial charge in [0.25, 0.3) is 0 Å². The second-order valence-electron chi connectivity index (χ2n) is 3.79. The van der Waals surface area contributed by atoms with Crippen LogP contribution in [-0.2, 0) is 9.47 Å². The van der Waals surface area contributed by atoms with Gasteiger partial charge in [0, 0.05) is 0 Å². The Morgan fingerprint density at radius 1 is 1.18 bits per heavy atom. The Morgan fingerprint density at radius 3 is 2.29 bits per heavy atom. The molecule has 1 fully saturated rings. The summed E-state index contributed by atoms with van der Waals surface area (Å²) in [5.74, 6) is 0. The van der Waals surface area contributed by atoms with Crippen LogP contribution < -0.4 is 0 Å². The molecule has 0 radical (unpaired) electrons. The molecule has 7 nitrogen and oxygen atoms in total. The summed E-state index contributed by atoms with van der Waals surface area (Å²) in [7, 11) is 0.